The van der Waals surface area contributed by atoms with Crippen LogP contribution in [0.4, 0.5) is 0 Å². The third-order valence-electron chi connectivity index (χ3n) is 11.1. The Kier molecular flexibility index (Phi) is 5.92. The summed E-state index contributed by atoms with van der Waals surface area (Å²) < 4.78 is 13.9. The van der Waals surface area contributed by atoms with Crippen molar-refractivity contribution >= 4 is 98.2 Å². The van der Waals surface area contributed by atoms with Gasteiger partial charge in [0.05, 0.1) is 27.8 Å². The molecule has 0 N–H and O–H groups in total. The Balaban J connectivity index is 1.07. The molecule has 5 aromatic heterocycles. The molecule has 5 nitrogen and oxygen atoms in total. The van der Waals surface area contributed by atoms with Gasteiger partial charge in [-0.05, 0) is 54.6 Å². The molecule has 0 aliphatic carbocycles. The summed E-state index contributed by atoms with van der Waals surface area (Å²) >= 11 is 3.67. The van der Waals surface area contributed by atoms with Crippen LogP contribution in [0.15, 0.2) is 172 Å². The Bertz CT molecular complexity index is 3600. The first-order valence-corrected chi connectivity index (χ1v) is 20.0. The van der Waals surface area contributed by atoms with Crippen molar-refractivity contribution in [3.05, 3.63) is 158 Å². The zero-order valence-corrected chi connectivity index (χ0v) is 30.7. The van der Waals surface area contributed by atoms with Crippen LogP contribution in [0.3, 0.4) is 0 Å². The highest BCUT2D eigenvalue weighted by molar-refractivity contribution is 7.99. The number of nitrogens with zero attached hydrogens (tertiary/aromatic N) is 4. The van der Waals surface area contributed by atoms with Gasteiger partial charge in [-0.15, -0.1) is 11.3 Å². The molecule has 55 heavy (non-hydrogen) atoms. The highest BCUT2D eigenvalue weighted by Gasteiger charge is 2.28. The predicted octanol–water partition coefficient (Wildman–Crippen LogP) is 13.6. The van der Waals surface area contributed by atoms with E-state index in [4.69, 9.17) is 14.4 Å². The summed E-state index contributed by atoms with van der Waals surface area (Å²) in [6.45, 7) is 0. The maximum atomic E-state index is 6.49. The van der Waals surface area contributed by atoms with Crippen LogP contribution < -0.4 is 0 Å². The van der Waals surface area contributed by atoms with E-state index in [-0.39, 0.29) is 0 Å². The molecular formula is C48H26N4OS2. The smallest absolute Gasteiger partial charge is 0.231 e. The summed E-state index contributed by atoms with van der Waals surface area (Å²) in [4.78, 5) is 13.1. The molecule has 0 amide bonds. The van der Waals surface area contributed by atoms with Gasteiger partial charge in [-0.1, -0.05) is 115 Å². The number of furan rings is 1. The normalized spacial score (nSPS) is 12.7. The first-order valence-electron chi connectivity index (χ1n) is 18.3. The van der Waals surface area contributed by atoms with Gasteiger partial charge in [0.2, 0.25) is 5.71 Å². The van der Waals surface area contributed by atoms with E-state index in [0.717, 1.165) is 50.0 Å². The molecule has 1 aliphatic rings. The van der Waals surface area contributed by atoms with Gasteiger partial charge in [-0.2, -0.15) is 4.98 Å². The van der Waals surface area contributed by atoms with E-state index in [1.807, 2.05) is 41.3 Å². The molecule has 0 bridgehead atoms. The largest absolute Gasteiger partial charge is 0.438 e. The van der Waals surface area contributed by atoms with Gasteiger partial charge < -0.3 is 4.42 Å². The molecule has 12 aromatic rings. The van der Waals surface area contributed by atoms with Crippen molar-refractivity contribution in [3.63, 3.8) is 0 Å². The van der Waals surface area contributed by atoms with Crippen molar-refractivity contribution in [2.75, 3.05) is 0 Å². The third-order valence-corrected chi connectivity index (χ3v) is 13.4. The fourth-order valence-electron chi connectivity index (χ4n) is 8.81. The van der Waals surface area contributed by atoms with Crippen molar-refractivity contribution in [3.8, 4) is 34.0 Å². The third kappa shape index (κ3) is 4.08. The zero-order chi connectivity index (χ0) is 35.8. The molecule has 13 rings (SSSR count). The van der Waals surface area contributed by atoms with Gasteiger partial charge in [-0.3, -0.25) is 9.13 Å². The summed E-state index contributed by atoms with van der Waals surface area (Å²) in [6, 6.07) is 56.3. The molecule has 0 saturated carbocycles. The summed E-state index contributed by atoms with van der Waals surface area (Å²) in [5.74, 6) is 0.623. The minimum atomic E-state index is 0.584. The van der Waals surface area contributed by atoms with Crippen LogP contribution in [-0.2, 0) is 0 Å². The SMILES string of the molecule is c1cc(-c2nc(-c3ccc4c(c3)sc3ccccc34)c3c(n2)oc2ccccc23)cc(-n2c3ccccc3c3c4cccc5c4n(c32)-c2ccccc2S5)c1. The Hall–Kier alpha value is -6.67. The second-order valence-electron chi connectivity index (χ2n) is 14.1. The summed E-state index contributed by atoms with van der Waals surface area (Å²) in [7, 11) is 0. The van der Waals surface area contributed by atoms with E-state index >= 15 is 0 Å². The zero-order valence-electron chi connectivity index (χ0n) is 29.0. The highest BCUT2D eigenvalue weighted by Crippen LogP contribution is 2.49. The number of aromatic nitrogens is 4. The lowest BCUT2D eigenvalue weighted by Gasteiger charge is -2.21. The van der Waals surface area contributed by atoms with E-state index < -0.39 is 0 Å². The molecule has 1 aliphatic heterocycles. The first-order chi connectivity index (χ1) is 27.3. The van der Waals surface area contributed by atoms with Crippen LogP contribution in [0, 0.1) is 0 Å². The van der Waals surface area contributed by atoms with Crippen LogP contribution in [0.1, 0.15) is 0 Å². The number of fused-ring (bicyclic) bond motifs is 13. The standard InChI is InChI=1S/C48H26N4OS2/c1-4-17-35-32(14-1)42-34-16-10-22-40-45(34)52(36-18-5-8-21-39(36)55-40)48(42)51(35)29-12-9-11-28(25-29)46-49-44(43-33-15-2-6-19-37(33)53-47(43)50-46)27-23-24-31-30-13-3-7-20-38(30)54-41(31)26-27/h1-26H. The van der Waals surface area contributed by atoms with Gasteiger partial charge in [-0.25, -0.2) is 4.98 Å². The van der Waals surface area contributed by atoms with E-state index in [1.165, 1.54) is 57.3 Å². The molecule has 0 radical (unpaired) electrons. The minimum Gasteiger partial charge on any atom is -0.438 e. The number of hydrogen-bond acceptors (Lipinski definition) is 5. The number of para-hydroxylation sites is 4. The summed E-state index contributed by atoms with van der Waals surface area (Å²) in [5, 5.41) is 8.23. The minimum absolute atomic E-state index is 0.584. The van der Waals surface area contributed by atoms with Crippen molar-refractivity contribution in [2.24, 2.45) is 0 Å². The second-order valence-corrected chi connectivity index (χ2v) is 16.3. The van der Waals surface area contributed by atoms with Gasteiger partial charge >= 0.3 is 0 Å². The molecule has 0 spiro atoms. The van der Waals surface area contributed by atoms with Gasteiger partial charge in [0, 0.05) is 68.3 Å². The fraction of sp³-hybridized carbons (Fsp3) is 0. The average Bonchev–Trinajstić information content (AvgIpc) is 3.99. The van der Waals surface area contributed by atoms with E-state index in [0.29, 0.717) is 11.5 Å². The van der Waals surface area contributed by atoms with Gasteiger partial charge in [0.15, 0.2) is 5.82 Å². The lowest BCUT2D eigenvalue weighted by Crippen LogP contribution is -2.05. The lowest BCUT2D eigenvalue weighted by atomic mass is 10.0. The second kappa shape index (κ2) is 10.9. The van der Waals surface area contributed by atoms with Crippen LogP contribution >= 0.6 is 23.1 Å². The molecule has 6 heterocycles. The molecule has 0 atom stereocenters. The van der Waals surface area contributed by atoms with Crippen molar-refractivity contribution in [1.29, 1.82) is 0 Å². The molecule has 7 aromatic carbocycles. The summed E-state index contributed by atoms with van der Waals surface area (Å²) in [6.07, 6.45) is 0. The fourth-order valence-corrected chi connectivity index (χ4v) is 11.0. The molecule has 7 heteroatoms. The number of thiophene rings is 1. The van der Waals surface area contributed by atoms with Crippen molar-refractivity contribution in [1.82, 2.24) is 19.1 Å². The number of hydrogen-bond donors (Lipinski definition) is 0. The number of rotatable bonds is 3. The lowest BCUT2D eigenvalue weighted by molar-refractivity contribution is 0.653. The van der Waals surface area contributed by atoms with E-state index in [1.54, 1.807) is 0 Å². The maximum Gasteiger partial charge on any atom is 0.231 e. The quantitative estimate of drug-likeness (QED) is 0.181. The molecular weight excluding hydrogens is 713 g/mol. The maximum absolute atomic E-state index is 6.49. The first kappa shape index (κ1) is 29.7. The Morgan fingerprint density at radius 1 is 0.509 bits per heavy atom. The molecule has 256 valence electrons. The Morgan fingerprint density at radius 3 is 2.24 bits per heavy atom. The van der Waals surface area contributed by atoms with Crippen LogP contribution in [0.2, 0.25) is 0 Å². The molecule has 0 saturated heterocycles. The Labute approximate surface area is 321 Å². The monoisotopic (exact) mass is 738 g/mol. The van der Waals surface area contributed by atoms with Crippen LogP contribution in [0.5, 0.6) is 0 Å². The average molecular weight is 739 g/mol. The van der Waals surface area contributed by atoms with Crippen molar-refractivity contribution in [2.45, 2.75) is 9.79 Å². The van der Waals surface area contributed by atoms with Gasteiger partial charge in [0.1, 0.15) is 11.2 Å². The van der Waals surface area contributed by atoms with E-state index in [9.17, 15) is 0 Å². The number of benzene rings is 7. The van der Waals surface area contributed by atoms with E-state index in [2.05, 4.69) is 149 Å². The Morgan fingerprint density at radius 2 is 1.27 bits per heavy atom. The summed E-state index contributed by atoms with van der Waals surface area (Å²) in [5.41, 5.74) is 10.0. The van der Waals surface area contributed by atoms with Crippen molar-refractivity contribution < 1.29 is 4.42 Å². The highest BCUT2D eigenvalue weighted by atomic mass is 32.2. The molecule has 0 fully saturated rings. The van der Waals surface area contributed by atoms with Crippen LogP contribution in [-0.4, -0.2) is 19.1 Å². The molecule has 0 unspecified atom stereocenters. The van der Waals surface area contributed by atoms with Crippen LogP contribution in [0.25, 0.3) is 109 Å². The topological polar surface area (TPSA) is 48.8 Å². The van der Waals surface area contributed by atoms with Gasteiger partial charge in [0.25, 0.3) is 0 Å². The predicted molar refractivity (Wildman–Crippen MR) is 228 cm³/mol.